The van der Waals surface area contributed by atoms with Gasteiger partial charge >= 0.3 is 0 Å². The van der Waals surface area contributed by atoms with Gasteiger partial charge in [-0.05, 0) is 44.2 Å². The third-order valence-electron chi connectivity index (χ3n) is 4.04. The number of morpholine rings is 1. The summed E-state index contributed by atoms with van der Waals surface area (Å²) in [4.78, 5) is 14.9. The number of carbonyl (C=O) groups excluding carboxylic acids is 1. The van der Waals surface area contributed by atoms with Crippen LogP contribution in [-0.4, -0.2) is 32.2 Å². The zero-order chi connectivity index (χ0) is 17.1. The van der Waals surface area contributed by atoms with E-state index in [2.05, 4.69) is 16.3 Å². The summed E-state index contributed by atoms with van der Waals surface area (Å²) >= 11 is 6.14. The largest absolute Gasteiger partial charge is 0.378 e. The predicted octanol–water partition coefficient (Wildman–Crippen LogP) is 4.05. The number of anilines is 2. The Kier molecular flexibility index (Phi) is 5.07. The first kappa shape index (κ1) is 16.8. The molecule has 1 saturated heterocycles. The Morgan fingerprint density at radius 2 is 1.75 bits per heavy atom. The van der Waals surface area contributed by atoms with Crippen molar-refractivity contribution < 1.29 is 9.53 Å². The Balaban J connectivity index is 1.88. The zero-order valence-electron chi connectivity index (χ0n) is 13.9. The lowest BCUT2D eigenvalue weighted by Gasteiger charge is -2.30. The highest BCUT2D eigenvalue weighted by Gasteiger charge is 2.17. The topological polar surface area (TPSA) is 41.6 Å². The molecule has 1 aliphatic heterocycles. The van der Waals surface area contributed by atoms with E-state index in [0.717, 1.165) is 35.6 Å². The van der Waals surface area contributed by atoms with Crippen molar-refractivity contribution in [3.05, 3.63) is 58.1 Å². The van der Waals surface area contributed by atoms with E-state index in [9.17, 15) is 4.79 Å². The molecule has 0 bridgehead atoms. The second-order valence-electron chi connectivity index (χ2n) is 6.09. The van der Waals surface area contributed by atoms with E-state index in [1.54, 1.807) is 6.07 Å². The van der Waals surface area contributed by atoms with E-state index >= 15 is 0 Å². The molecule has 24 heavy (non-hydrogen) atoms. The number of hydrogen-bond donors (Lipinski definition) is 1. The molecular formula is C19H21ClN2O2. The van der Waals surface area contributed by atoms with Gasteiger partial charge in [0.25, 0.3) is 5.91 Å². The van der Waals surface area contributed by atoms with Crippen LogP contribution in [0.5, 0.6) is 0 Å². The summed E-state index contributed by atoms with van der Waals surface area (Å²) in [5, 5.41) is 3.61. The molecule has 0 radical (unpaired) electrons. The standard InChI is InChI=1S/C19H21ClN2O2/c1-13-9-14(2)11-15(10-13)19(23)21-17-12-16(20)3-4-18(17)22-5-7-24-8-6-22/h3-4,9-12H,5-8H2,1-2H3,(H,21,23). The molecule has 2 aromatic rings. The lowest BCUT2D eigenvalue weighted by atomic mass is 10.1. The van der Waals surface area contributed by atoms with Gasteiger partial charge in [0.2, 0.25) is 0 Å². The molecule has 4 nitrogen and oxygen atoms in total. The molecule has 1 amide bonds. The van der Waals surface area contributed by atoms with Crippen LogP contribution in [0.2, 0.25) is 5.02 Å². The maximum Gasteiger partial charge on any atom is 0.255 e. The SMILES string of the molecule is Cc1cc(C)cc(C(=O)Nc2cc(Cl)ccc2N2CCOCC2)c1. The highest BCUT2D eigenvalue weighted by atomic mass is 35.5. The maximum atomic E-state index is 12.7. The summed E-state index contributed by atoms with van der Waals surface area (Å²) in [7, 11) is 0. The van der Waals surface area contributed by atoms with Crippen LogP contribution in [0.25, 0.3) is 0 Å². The van der Waals surface area contributed by atoms with E-state index < -0.39 is 0 Å². The summed E-state index contributed by atoms with van der Waals surface area (Å²) in [6.45, 7) is 6.95. The van der Waals surface area contributed by atoms with Crippen LogP contribution in [0.1, 0.15) is 21.5 Å². The van der Waals surface area contributed by atoms with Crippen LogP contribution in [0.3, 0.4) is 0 Å². The van der Waals surface area contributed by atoms with Crippen LogP contribution in [0.15, 0.2) is 36.4 Å². The van der Waals surface area contributed by atoms with Crippen LogP contribution in [-0.2, 0) is 4.74 Å². The van der Waals surface area contributed by atoms with Crippen LogP contribution >= 0.6 is 11.6 Å². The predicted molar refractivity (Wildman–Crippen MR) is 98.4 cm³/mol. The summed E-state index contributed by atoms with van der Waals surface area (Å²) in [6.07, 6.45) is 0. The number of rotatable bonds is 3. The van der Waals surface area contributed by atoms with Crippen molar-refractivity contribution in [2.75, 3.05) is 36.5 Å². The molecule has 0 aliphatic carbocycles. The van der Waals surface area contributed by atoms with Gasteiger partial charge in [-0.3, -0.25) is 4.79 Å². The Morgan fingerprint density at radius 1 is 1.08 bits per heavy atom. The van der Waals surface area contributed by atoms with E-state index in [4.69, 9.17) is 16.3 Å². The van der Waals surface area contributed by atoms with Crippen LogP contribution in [0.4, 0.5) is 11.4 Å². The number of nitrogens with zero attached hydrogens (tertiary/aromatic N) is 1. The summed E-state index contributed by atoms with van der Waals surface area (Å²) in [5.41, 5.74) is 4.49. The minimum Gasteiger partial charge on any atom is -0.378 e. The molecule has 1 N–H and O–H groups in total. The van der Waals surface area contributed by atoms with E-state index in [0.29, 0.717) is 23.8 Å². The first-order valence-corrected chi connectivity index (χ1v) is 8.42. The van der Waals surface area contributed by atoms with E-state index in [-0.39, 0.29) is 5.91 Å². The number of nitrogens with one attached hydrogen (secondary N) is 1. The van der Waals surface area contributed by atoms with Crippen molar-refractivity contribution in [2.45, 2.75) is 13.8 Å². The molecule has 0 spiro atoms. The van der Waals surface area contributed by atoms with Crippen molar-refractivity contribution in [3.63, 3.8) is 0 Å². The normalized spacial score (nSPS) is 14.5. The molecule has 3 rings (SSSR count). The fourth-order valence-corrected chi connectivity index (χ4v) is 3.16. The molecule has 126 valence electrons. The van der Waals surface area contributed by atoms with Gasteiger partial charge in [0, 0.05) is 23.7 Å². The second-order valence-corrected chi connectivity index (χ2v) is 6.53. The monoisotopic (exact) mass is 344 g/mol. The fraction of sp³-hybridized carbons (Fsp3) is 0.316. The average Bonchev–Trinajstić information content (AvgIpc) is 2.55. The molecule has 0 atom stereocenters. The van der Waals surface area contributed by atoms with Crippen molar-refractivity contribution in [1.82, 2.24) is 0 Å². The van der Waals surface area contributed by atoms with E-state index in [1.807, 2.05) is 38.1 Å². The Bertz CT molecular complexity index is 735. The third kappa shape index (κ3) is 3.89. The molecule has 0 saturated carbocycles. The zero-order valence-corrected chi connectivity index (χ0v) is 14.7. The Morgan fingerprint density at radius 3 is 2.42 bits per heavy atom. The highest BCUT2D eigenvalue weighted by molar-refractivity contribution is 6.31. The molecule has 0 aromatic heterocycles. The number of aryl methyl sites for hydroxylation is 2. The minimum absolute atomic E-state index is 0.126. The highest BCUT2D eigenvalue weighted by Crippen LogP contribution is 2.30. The van der Waals surface area contributed by atoms with Crippen LogP contribution < -0.4 is 10.2 Å². The summed E-state index contributed by atoms with van der Waals surface area (Å²) < 4.78 is 5.41. The van der Waals surface area contributed by atoms with Gasteiger partial charge in [0.15, 0.2) is 0 Å². The first-order chi connectivity index (χ1) is 11.5. The van der Waals surface area contributed by atoms with Gasteiger partial charge in [-0.25, -0.2) is 0 Å². The fourth-order valence-electron chi connectivity index (χ4n) is 2.99. The number of carbonyl (C=O) groups is 1. The lowest BCUT2D eigenvalue weighted by Crippen LogP contribution is -2.36. The second kappa shape index (κ2) is 7.24. The molecule has 2 aromatic carbocycles. The average molecular weight is 345 g/mol. The van der Waals surface area contributed by atoms with Crippen molar-refractivity contribution in [2.24, 2.45) is 0 Å². The van der Waals surface area contributed by atoms with Crippen molar-refractivity contribution in [3.8, 4) is 0 Å². The summed E-state index contributed by atoms with van der Waals surface area (Å²) in [6, 6.07) is 11.4. The number of amides is 1. The Hall–Kier alpha value is -2.04. The lowest BCUT2D eigenvalue weighted by molar-refractivity contribution is 0.102. The Labute approximate surface area is 147 Å². The van der Waals surface area contributed by atoms with E-state index in [1.165, 1.54) is 0 Å². The molecule has 0 unspecified atom stereocenters. The van der Waals surface area contributed by atoms with Crippen molar-refractivity contribution in [1.29, 1.82) is 0 Å². The quantitative estimate of drug-likeness (QED) is 0.913. The maximum absolute atomic E-state index is 12.7. The number of ether oxygens (including phenoxy) is 1. The molecule has 5 heteroatoms. The smallest absolute Gasteiger partial charge is 0.255 e. The van der Waals surface area contributed by atoms with Gasteiger partial charge in [-0.2, -0.15) is 0 Å². The van der Waals surface area contributed by atoms with Gasteiger partial charge in [0.1, 0.15) is 0 Å². The number of benzene rings is 2. The van der Waals surface area contributed by atoms with Gasteiger partial charge < -0.3 is 15.0 Å². The minimum atomic E-state index is -0.126. The molecule has 1 aliphatic rings. The summed E-state index contributed by atoms with van der Waals surface area (Å²) in [5.74, 6) is -0.126. The first-order valence-electron chi connectivity index (χ1n) is 8.05. The third-order valence-corrected chi connectivity index (χ3v) is 4.28. The molecule has 1 heterocycles. The van der Waals surface area contributed by atoms with Crippen LogP contribution in [0, 0.1) is 13.8 Å². The van der Waals surface area contributed by atoms with Gasteiger partial charge in [-0.1, -0.05) is 28.8 Å². The van der Waals surface area contributed by atoms with Crippen molar-refractivity contribution >= 4 is 28.9 Å². The number of halogens is 1. The van der Waals surface area contributed by atoms with Gasteiger partial charge in [0.05, 0.1) is 24.6 Å². The van der Waals surface area contributed by atoms with Gasteiger partial charge in [-0.15, -0.1) is 0 Å². The molecule has 1 fully saturated rings. The molecular weight excluding hydrogens is 324 g/mol. The number of hydrogen-bond acceptors (Lipinski definition) is 3.